The highest BCUT2D eigenvalue weighted by Crippen LogP contribution is 2.36. The number of benzene rings is 1. The molecule has 0 aliphatic rings. The number of hydrogen-bond donors (Lipinski definition) is 0. The summed E-state index contributed by atoms with van der Waals surface area (Å²) in [6.07, 6.45) is 0. The van der Waals surface area contributed by atoms with Crippen LogP contribution in [0.25, 0.3) is 0 Å². The van der Waals surface area contributed by atoms with Crippen molar-refractivity contribution in [1.29, 1.82) is 0 Å². The Morgan fingerprint density at radius 1 is 1.25 bits per heavy atom. The number of rotatable bonds is 7. The van der Waals surface area contributed by atoms with E-state index in [-0.39, 0.29) is 5.78 Å². The molecule has 4 heteroatoms. The molecule has 0 bridgehead atoms. The molecule has 1 rings (SSSR count). The van der Waals surface area contributed by atoms with Crippen LogP contribution in [0.3, 0.4) is 0 Å². The topological polar surface area (TPSA) is 43.4 Å². The maximum absolute atomic E-state index is 12.0. The van der Waals surface area contributed by atoms with Crippen LogP contribution in [0.5, 0.6) is 0 Å². The first-order chi connectivity index (χ1) is 9.38. The van der Waals surface area contributed by atoms with Crippen LogP contribution in [0.4, 0.5) is 0 Å². The molecule has 0 saturated carbocycles. The molecule has 1 unspecified atom stereocenters. The molecule has 0 aliphatic carbocycles. The quantitative estimate of drug-likeness (QED) is 0.570. The van der Waals surface area contributed by atoms with Gasteiger partial charge < -0.3 is 4.74 Å². The van der Waals surface area contributed by atoms with E-state index >= 15 is 0 Å². The van der Waals surface area contributed by atoms with Gasteiger partial charge in [-0.15, -0.1) is 11.8 Å². The molecule has 0 spiro atoms. The van der Waals surface area contributed by atoms with Crippen molar-refractivity contribution in [3.63, 3.8) is 0 Å². The lowest BCUT2D eigenvalue weighted by Gasteiger charge is -2.30. The second kappa shape index (κ2) is 7.48. The van der Waals surface area contributed by atoms with Crippen LogP contribution in [0.1, 0.15) is 33.3 Å². The summed E-state index contributed by atoms with van der Waals surface area (Å²) in [6, 6.07) is 10.0. The van der Waals surface area contributed by atoms with Crippen LogP contribution in [0.15, 0.2) is 30.3 Å². The minimum absolute atomic E-state index is 0.144. The third kappa shape index (κ3) is 4.67. The Morgan fingerprint density at radius 3 is 2.35 bits per heavy atom. The monoisotopic (exact) mass is 294 g/mol. The van der Waals surface area contributed by atoms with E-state index in [2.05, 4.69) is 0 Å². The number of carbonyl (C=O) groups excluding carboxylic acids is 2. The lowest BCUT2D eigenvalue weighted by molar-refractivity contribution is -0.152. The van der Waals surface area contributed by atoms with Gasteiger partial charge in [0.2, 0.25) is 0 Å². The number of Topliss-reactive ketones (excluding diaryl/α,β-unsaturated/α-hetero) is 1. The third-order valence-electron chi connectivity index (χ3n) is 3.08. The summed E-state index contributed by atoms with van der Waals surface area (Å²) < 4.78 is 4.54. The second-order valence-electron chi connectivity index (χ2n) is 5.17. The van der Waals surface area contributed by atoms with Crippen molar-refractivity contribution >= 4 is 23.5 Å². The molecule has 1 aromatic carbocycles. The van der Waals surface area contributed by atoms with Gasteiger partial charge in [0.1, 0.15) is 11.7 Å². The van der Waals surface area contributed by atoms with Crippen LogP contribution in [0, 0.1) is 5.92 Å². The molecule has 1 aromatic rings. The van der Waals surface area contributed by atoms with Crippen molar-refractivity contribution in [1.82, 2.24) is 0 Å². The lowest BCUT2D eigenvalue weighted by atomic mass is 9.91. The standard InChI is InChI=1S/C16H22O3S/c1-5-19-15(18)14(12(2)17)16(3,4)20-11-13-9-7-6-8-10-13/h6-10,14H,5,11H2,1-4H3. The maximum atomic E-state index is 12.0. The van der Waals surface area contributed by atoms with Gasteiger partial charge in [-0.3, -0.25) is 9.59 Å². The Bertz CT molecular complexity index is 454. The molecule has 1 atom stereocenters. The van der Waals surface area contributed by atoms with Crippen LogP contribution in [-0.2, 0) is 20.1 Å². The zero-order valence-corrected chi connectivity index (χ0v) is 13.3. The molecule has 0 heterocycles. The highest BCUT2D eigenvalue weighted by Gasteiger charge is 2.40. The van der Waals surface area contributed by atoms with E-state index in [1.807, 2.05) is 44.2 Å². The van der Waals surface area contributed by atoms with E-state index < -0.39 is 16.6 Å². The molecule has 3 nitrogen and oxygen atoms in total. The van der Waals surface area contributed by atoms with E-state index in [1.165, 1.54) is 12.5 Å². The number of carbonyl (C=O) groups is 2. The molecule has 0 N–H and O–H groups in total. The Labute approximate surface area is 125 Å². The average molecular weight is 294 g/mol. The number of hydrogen-bond acceptors (Lipinski definition) is 4. The summed E-state index contributed by atoms with van der Waals surface area (Å²) in [6.45, 7) is 7.33. The number of ether oxygens (including phenoxy) is 1. The summed E-state index contributed by atoms with van der Waals surface area (Å²) >= 11 is 1.60. The molecule has 0 aromatic heterocycles. The minimum atomic E-state index is -0.726. The van der Waals surface area contributed by atoms with E-state index in [0.29, 0.717) is 6.61 Å². The Balaban J connectivity index is 2.77. The van der Waals surface area contributed by atoms with Crippen molar-refractivity contribution in [3.8, 4) is 0 Å². The molecule has 110 valence electrons. The predicted molar refractivity (Wildman–Crippen MR) is 82.6 cm³/mol. The molecule has 0 radical (unpaired) electrons. The number of thioether (sulfide) groups is 1. The third-order valence-corrected chi connectivity index (χ3v) is 4.54. The molecular formula is C16H22O3S. The van der Waals surface area contributed by atoms with Crippen LogP contribution < -0.4 is 0 Å². The SMILES string of the molecule is CCOC(=O)C(C(C)=O)C(C)(C)SCc1ccccc1. The van der Waals surface area contributed by atoms with Gasteiger partial charge in [-0.1, -0.05) is 30.3 Å². The zero-order valence-electron chi connectivity index (χ0n) is 12.5. The fourth-order valence-corrected chi connectivity index (χ4v) is 3.25. The summed E-state index contributed by atoms with van der Waals surface area (Å²) in [7, 11) is 0. The van der Waals surface area contributed by atoms with E-state index in [0.717, 1.165) is 5.75 Å². The van der Waals surface area contributed by atoms with Gasteiger partial charge in [0.05, 0.1) is 6.61 Å². The van der Waals surface area contributed by atoms with Gasteiger partial charge in [-0.25, -0.2) is 0 Å². The Hall–Kier alpha value is -1.29. The average Bonchev–Trinajstić information content (AvgIpc) is 2.37. The van der Waals surface area contributed by atoms with Crippen molar-refractivity contribution in [2.45, 2.75) is 38.2 Å². The Morgan fingerprint density at radius 2 is 1.85 bits per heavy atom. The summed E-state index contributed by atoms with van der Waals surface area (Å²) in [5, 5.41) is 0. The summed E-state index contributed by atoms with van der Waals surface area (Å²) in [5.41, 5.74) is 1.18. The highest BCUT2D eigenvalue weighted by atomic mass is 32.2. The van der Waals surface area contributed by atoms with E-state index in [1.54, 1.807) is 18.7 Å². The number of ketones is 1. The minimum Gasteiger partial charge on any atom is -0.465 e. The van der Waals surface area contributed by atoms with Crippen molar-refractivity contribution < 1.29 is 14.3 Å². The lowest BCUT2D eigenvalue weighted by Crippen LogP contribution is -2.40. The smallest absolute Gasteiger partial charge is 0.317 e. The Kier molecular flexibility index (Phi) is 6.27. The fourth-order valence-electron chi connectivity index (χ4n) is 2.09. The van der Waals surface area contributed by atoms with Crippen molar-refractivity contribution in [3.05, 3.63) is 35.9 Å². The molecule has 20 heavy (non-hydrogen) atoms. The van der Waals surface area contributed by atoms with Crippen molar-refractivity contribution in [2.24, 2.45) is 5.92 Å². The maximum Gasteiger partial charge on any atom is 0.317 e. The van der Waals surface area contributed by atoms with Crippen LogP contribution >= 0.6 is 11.8 Å². The fraction of sp³-hybridized carbons (Fsp3) is 0.500. The molecular weight excluding hydrogens is 272 g/mol. The zero-order chi connectivity index (χ0) is 15.2. The van der Waals surface area contributed by atoms with Gasteiger partial charge in [0.25, 0.3) is 0 Å². The number of esters is 1. The molecule has 0 saturated heterocycles. The normalized spacial score (nSPS) is 12.8. The van der Waals surface area contributed by atoms with Gasteiger partial charge >= 0.3 is 5.97 Å². The molecule has 0 fully saturated rings. The van der Waals surface area contributed by atoms with Gasteiger partial charge in [-0.05, 0) is 33.3 Å². The summed E-state index contributed by atoms with van der Waals surface area (Å²) in [5.74, 6) is -0.535. The first-order valence-electron chi connectivity index (χ1n) is 6.73. The van der Waals surface area contributed by atoms with Gasteiger partial charge in [-0.2, -0.15) is 0 Å². The largest absolute Gasteiger partial charge is 0.465 e. The first kappa shape index (κ1) is 16.8. The second-order valence-corrected chi connectivity index (χ2v) is 6.80. The van der Waals surface area contributed by atoms with E-state index in [4.69, 9.17) is 4.74 Å². The van der Waals surface area contributed by atoms with Gasteiger partial charge in [0.15, 0.2) is 0 Å². The highest BCUT2D eigenvalue weighted by molar-refractivity contribution is 7.99. The predicted octanol–water partition coefficient (Wildman–Crippen LogP) is 3.47. The summed E-state index contributed by atoms with van der Waals surface area (Å²) in [4.78, 5) is 23.8. The van der Waals surface area contributed by atoms with Crippen LogP contribution in [-0.4, -0.2) is 23.1 Å². The van der Waals surface area contributed by atoms with Crippen molar-refractivity contribution in [2.75, 3.05) is 6.61 Å². The first-order valence-corrected chi connectivity index (χ1v) is 7.72. The molecule has 0 amide bonds. The molecule has 0 aliphatic heterocycles. The van der Waals surface area contributed by atoms with E-state index in [9.17, 15) is 9.59 Å². The van der Waals surface area contributed by atoms with Crippen LogP contribution in [0.2, 0.25) is 0 Å². The van der Waals surface area contributed by atoms with Gasteiger partial charge in [0, 0.05) is 10.5 Å².